The van der Waals surface area contributed by atoms with Gasteiger partial charge in [0.25, 0.3) is 0 Å². The molecule has 0 aromatic heterocycles. The van der Waals surface area contributed by atoms with E-state index in [1.807, 2.05) is 6.92 Å². The van der Waals surface area contributed by atoms with Crippen molar-refractivity contribution < 1.29 is 9.53 Å². The Labute approximate surface area is 59.1 Å². The molecule has 0 aromatic carbocycles. The molecular weight excluding hydrogens is 142 g/mol. The third-order valence-corrected chi connectivity index (χ3v) is 1.28. The van der Waals surface area contributed by atoms with Gasteiger partial charge in [-0.3, -0.25) is 0 Å². The molecule has 0 heterocycles. The molecule has 4 heteroatoms. The van der Waals surface area contributed by atoms with Gasteiger partial charge in [-0.25, -0.2) is 4.79 Å². The molecule has 1 atom stereocenters. The third-order valence-electron chi connectivity index (χ3n) is 0.849. The van der Waals surface area contributed by atoms with Crippen molar-refractivity contribution in [1.82, 2.24) is 0 Å². The van der Waals surface area contributed by atoms with Crippen LogP contribution in [0.25, 0.3) is 0 Å². The molecule has 0 saturated carbocycles. The molecule has 0 spiro atoms. The third kappa shape index (κ3) is 5.43. The Bertz CT molecular complexity index is 97.0. The lowest BCUT2D eigenvalue weighted by Crippen LogP contribution is -2.18. The monoisotopic (exact) mass is 151 g/mol. The Balaban J connectivity index is 3.16. The lowest BCUT2D eigenvalue weighted by Gasteiger charge is -2.03. The van der Waals surface area contributed by atoms with Gasteiger partial charge in [0, 0.05) is 0 Å². The fourth-order valence-electron chi connectivity index (χ4n) is 0.290. The summed E-state index contributed by atoms with van der Waals surface area (Å²) in [7, 11) is 0. The van der Waals surface area contributed by atoms with E-state index in [0.717, 1.165) is 6.42 Å². The smallest absolute Gasteiger partial charge is 0.404 e. The molecule has 0 aliphatic heterocycles. The second-order valence-corrected chi connectivity index (χ2v) is 2.25. The number of carbonyl (C=O) groups is 1. The predicted molar refractivity (Wildman–Crippen MR) is 35.5 cm³/mol. The van der Waals surface area contributed by atoms with E-state index < -0.39 is 6.09 Å². The van der Waals surface area contributed by atoms with E-state index in [9.17, 15) is 4.79 Å². The lowest BCUT2D eigenvalue weighted by atomic mass is 10.3. The van der Waals surface area contributed by atoms with E-state index in [-0.39, 0.29) is 12.0 Å². The number of ether oxygens (including phenoxy) is 1. The average Bonchev–Trinajstić information content (AvgIpc) is 1.83. The highest BCUT2D eigenvalue weighted by atomic mass is 35.5. The van der Waals surface area contributed by atoms with E-state index in [0.29, 0.717) is 0 Å². The van der Waals surface area contributed by atoms with Crippen LogP contribution in [0, 0.1) is 0 Å². The number of halogens is 1. The Morgan fingerprint density at radius 3 is 2.78 bits per heavy atom. The van der Waals surface area contributed by atoms with Crippen molar-refractivity contribution in [2.75, 3.05) is 6.61 Å². The zero-order valence-corrected chi connectivity index (χ0v) is 6.02. The van der Waals surface area contributed by atoms with Crippen LogP contribution in [-0.4, -0.2) is 18.1 Å². The highest BCUT2D eigenvalue weighted by molar-refractivity contribution is 6.20. The number of primary amides is 1. The maximum Gasteiger partial charge on any atom is 0.404 e. The van der Waals surface area contributed by atoms with E-state index >= 15 is 0 Å². The van der Waals surface area contributed by atoms with E-state index in [1.165, 1.54) is 0 Å². The molecule has 0 saturated heterocycles. The molecule has 0 rings (SSSR count). The number of alkyl halides is 1. The molecule has 1 amide bonds. The summed E-state index contributed by atoms with van der Waals surface area (Å²) >= 11 is 5.58. The van der Waals surface area contributed by atoms with Crippen molar-refractivity contribution in [1.29, 1.82) is 0 Å². The van der Waals surface area contributed by atoms with Crippen molar-refractivity contribution in [2.45, 2.75) is 18.7 Å². The van der Waals surface area contributed by atoms with Gasteiger partial charge in [0.2, 0.25) is 0 Å². The fourth-order valence-corrected chi connectivity index (χ4v) is 0.353. The minimum atomic E-state index is -0.769. The van der Waals surface area contributed by atoms with Gasteiger partial charge < -0.3 is 10.5 Å². The standard InChI is InChI=1S/C5H10ClNO2/c1-2-4(6)3-9-5(7)8/h4H,2-3H2,1H3,(H2,7,8). The molecule has 0 bridgehead atoms. The molecule has 1 unspecified atom stereocenters. The quantitative estimate of drug-likeness (QED) is 0.615. The largest absolute Gasteiger partial charge is 0.448 e. The van der Waals surface area contributed by atoms with Crippen molar-refractivity contribution in [3.8, 4) is 0 Å². The van der Waals surface area contributed by atoms with Crippen LogP contribution in [0.5, 0.6) is 0 Å². The predicted octanol–water partition coefficient (Wildman–Crippen LogP) is 1.10. The van der Waals surface area contributed by atoms with Gasteiger partial charge in [-0.15, -0.1) is 11.6 Å². The summed E-state index contributed by atoms with van der Waals surface area (Å²) in [5, 5.41) is -0.113. The van der Waals surface area contributed by atoms with E-state index in [1.54, 1.807) is 0 Å². The number of amides is 1. The second-order valence-electron chi connectivity index (χ2n) is 1.64. The normalized spacial score (nSPS) is 12.7. The van der Waals surface area contributed by atoms with Crippen LogP contribution < -0.4 is 5.73 Å². The summed E-state index contributed by atoms with van der Waals surface area (Å²) < 4.78 is 4.40. The Morgan fingerprint density at radius 1 is 1.89 bits per heavy atom. The van der Waals surface area contributed by atoms with Gasteiger partial charge >= 0.3 is 6.09 Å². The van der Waals surface area contributed by atoms with Crippen LogP contribution >= 0.6 is 11.6 Å². The number of carbonyl (C=O) groups excluding carboxylic acids is 1. The SMILES string of the molecule is CCC(Cl)COC(N)=O. The lowest BCUT2D eigenvalue weighted by molar-refractivity contribution is 0.156. The summed E-state index contributed by atoms with van der Waals surface area (Å²) in [6.07, 6.45) is 0.00330. The molecule has 0 aromatic rings. The number of hydrogen-bond donors (Lipinski definition) is 1. The van der Waals surface area contributed by atoms with Crippen LogP contribution in [0.2, 0.25) is 0 Å². The first-order valence-electron chi connectivity index (χ1n) is 2.73. The second kappa shape index (κ2) is 4.44. The maximum absolute atomic E-state index is 9.96. The minimum absolute atomic E-state index is 0.113. The number of rotatable bonds is 3. The zero-order chi connectivity index (χ0) is 7.28. The summed E-state index contributed by atoms with van der Waals surface area (Å²) in [6.45, 7) is 2.11. The first kappa shape index (κ1) is 8.56. The zero-order valence-electron chi connectivity index (χ0n) is 5.26. The van der Waals surface area contributed by atoms with Crippen molar-refractivity contribution in [3.63, 3.8) is 0 Å². The molecule has 0 fully saturated rings. The molecular formula is C5H10ClNO2. The minimum Gasteiger partial charge on any atom is -0.448 e. The number of nitrogens with two attached hydrogens (primary N) is 1. The van der Waals surface area contributed by atoms with E-state index in [2.05, 4.69) is 10.5 Å². The topological polar surface area (TPSA) is 52.3 Å². The van der Waals surface area contributed by atoms with Crippen LogP contribution in [0.4, 0.5) is 4.79 Å². The van der Waals surface area contributed by atoms with Crippen molar-refractivity contribution >= 4 is 17.7 Å². The molecule has 0 radical (unpaired) electrons. The molecule has 3 nitrogen and oxygen atoms in total. The molecule has 0 aliphatic rings. The van der Waals surface area contributed by atoms with Crippen LogP contribution in [0.15, 0.2) is 0 Å². The van der Waals surface area contributed by atoms with Gasteiger partial charge in [0.1, 0.15) is 6.61 Å². The van der Waals surface area contributed by atoms with Crippen molar-refractivity contribution in [3.05, 3.63) is 0 Å². The van der Waals surface area contributed by atoms with Crippen LogP contribution in [-0.2, 0) is 4.74 Å². The first-order chi connectivity index (χ1) is 4.16. The summed E-state index contributed by atoms with van der Waals surface area (Å²) in [5.74, 6) is 0. The summed E-state index contributed by atoms with van der Waals surface area (Å²) in [6, 6.07) is 0. The highest BCUT2D eigenvalue weighted by Gasteiger charge is 2.02. The maximum atomic E-state index is 9.96. The van der Waals surface area contributed by atoms with Crippen molar-refractivity contribution in [2.24, 2.45) is 5.73 Å². The van der Waals surface area contributed by atoms with Gasteiger partial charge in [0.05, 0.1) is 5.38 Å². The molecule has 0 aliphatic carbocycles. The Morgan fingerprint density at radius 2 is 2.44 bits per heavy atom. The fraction of sp³-hybridized carbons (Fsp3) is 0.800. The summed E-state index contributed by atoms with van der Waals surface area (Å²) in [5.41, 5.74) is 4.68. The molecule has 2 N–H and O–H groups in total. The van der Waals surface area contributed by atoms with Crippen LogP contribution in [0.3, 0.4) is 0 Å². The average molecular weight is 152 g/mol. The Hall–Kier alpha value is -0.440. The summed E-state index contributed by atoms with van der Waals surface area (Å²) in [4.78, 5) is 9.96. The van der Waals surface area contributed by atoms with Gasteiger partial charge in [-0.05, 0) is 6.42 Å². The number of hydrogen-bond acceptors (Lipinski definition) is 2. The van der Waals surface area contributed by atoms with Gasteiger partial charge in [-0.1, -0.05) is 6.92 Å². The highest BCUT2D eigenvalue weighted by Crippen LogP contribution is 2.00. The Kier molecular flexibility index (Phi) is 4.22. The first-order valence-corrected chi connectivity index (χ1v) is 3.16. The van der Waals surface area contributed by atoms with Gasteiger partial charge in [0.15, 0.2) is 0 Å². The molecule has 9 heavy (non-hydrogen) atoms. The van der Waals surface area contributed by atoms with E-state index in [4.69, 9.17) is 11.6 Å². The molecule has 54 valence electrons. The van der Waals surface area contributed by atoms with Crippen LogP contribution in [0.1, 0.15) is 13.3 Å². The van der Waals surface area contributed by atoms with Gasteiger partial charge in [-0.2, -0.15) is 0 Å².